The molecule has 0 saturated carbocycles. The van der Waals surface area contributed by atoms with Gasteiger partial charge in [0.15, 0.2) is 5.96 Å². The smallest absolute Gasteiger partial charge is 0.191 e. The lowest BCUT2D eigenvalue weighted by molar-refractivity contribution is 0.0320. The molecule has 6 heteroatoms. The van der Waals surface area contributed by atoms with Crippen LogP contribution in [0.4, 0.5) is 0 Å². The first-order valence-electron chi connectivity index (χ1n) is 9.29. The van der Waals surface area contributed by atoms with Gasteiger partial charge < -0.3 is 20.1 Å². The van der Waals surface area contributed by atoms with Crippen LogP contribution in [0.3, 0.4) is 0 Å². The summed E-state index contributed by atoms with van der Waals surface area (Å²) >= 11 is 0. The lowest BCUT2D eigenvalue weighted by Gasteiger charge is -2.29. The zero-order valence-electron chi connectivity index (χ0n) is 16.0. The molecule has 2 rings (SSSR count). The van der Waals surface area contributed by atoms with Crippen LogP contribution >= 0.6 is 0 Å². The topological polar surface area (TPSA) is 58.1 Å². The van der Waals surface area contributed by atoms with Crippen molar-refractivity contribution in [2.45, 2.75) is 13.5 Å². The first kappa shape index (κ1) is 20.3. The van der Waals surface area contributed by atoms with Gasteiger partial charge in [-0.2, -0.15) is 0 Å². The number of rotatable bonds is 9. The average Bonchev–Trinajstić information content (AvgIpc) is 2.68. The van der Waals surface area contributed by atoms with E-state index in [9.17, 15) is 0 Å². The highest BCUT2D eigenvalue weighted by molar-refractivity contribution is 5.79. The third-order valence-electron chi connectivity index (χ3n) is 4.29. The van der Waals surface area contributed by atoms with Crippen LogP contribution in [0.5, 0.6) is 5.75 Å². The molecule has 1 aromatic rings. The molecule has 0 spiro atoms. The number of guanidine groups is 1. The quantitative estimate of drug-likeness (QED) is 0.400. The molecule has 1 heterocycles. The molecule has 1 aromatic carbocycles. The van der Waals surface area contributed by atoms with E-state index in [1.165, 1.54) is 0 Å². The Morgan fingerprint density at radius 3 is 2.85 bits per heavy atom. The van der Waals surface area contributed by atoms with Crippen LogP contribution in [0, 0.1) is 5.92 Å². The molecule has 0 amide bonds. The van der Waals surface area contributed by atoms with Crippen LogP contribution in [-0.2, 0) is 11.3 Å². The largest absolute Gasteiger partial charge is 0.489 e. The van der Waals surface area contributed by atoms with E-state index >= 15 is 0 Å². The van der Waals surface area contributed by atoms with Crippen LogP contribution in [0.2, 0.25) is 0 Å². The summed E-state index contributed by atoms with van der Waals surface area (Å²) in [4.78, 5) is 6.78. The second-order valence-electron chi connectivity index (χ2n) is 6.53. The molecule has 6 nitrogen and oxygen atoms in total. The van der Waals surface area contributed by atoms with E-state index in [0.717, 1.165) is 56.7 Å². The van der Waals surface area contributed by atoms with Gasteiger partial charge in [0, 0.05) is 45.3 Å². The van der Waals surface area contributed by atoms with Crippen molar-refractivity contribution in [2.24, 2.45) is 10.9 Å². The Hall–Kier alpha value is -2.05. The molecule has 144 valence electrons. The Balaban J connectivity index is 1.76. The predicted molar refractivity (Wildman–Crippen MR) is 107 cm³/mol. The van der Waals surface area contributed by atoms with Crippen molar-refractivity contribution in [3.05, 3.63) is 42.5 Å². The number of benzene rings is 1. The van der Waals surface area contributed by atoms with Crippen LogP contribution in [-0.4, -0.2) is 63.9 Å². The molecule has 1 atom stereocenters. The van der Waals surface area contributed by atoms with E-state index < -0.39 is 0 Å². The average molecular weight is 361 g/mol. The summed E-state index contributed by atoms with van der Waals surface area (Å²) in [6.07, 6.45) is 1.75. The Kier molecular flexibility index (Phi) is 9.00. The number of morpholine rings is 1. The summed E-state index contributed by atoms with van der Waals surface area (Å²) < 4.78 is 11.1. The zero-order valence-corrected chi connectivity index (χ0v) is 16.0. The lowest BCUT2D eigenvalue weighted by atomic mass is 10.1. The first-order chi connectivity index (χ1) is 12.7. The number of aliphatic imine (C=N–C) groups is 1. The van der Waals surface area contributed by atoms with Crippen LogP contribution in [0.25, 0.3) is 0 Å². The van der Waals surface area contributed by atoms with Crippen molar-refractivity contribution >= 4 is 5.96 Å². The number of nitrogens with one attached hydrogen (secondary N) is 2. The van der Waals surface area contributed by atoms with E-state index in [4.69, 9.17) is 9.47 Å². The maximum atomic E-state index is 5.70. The minimum atomic E-state index is 0.503. The van der Waals surface area contributed by atoms with Crippen molar-refractivity contribution < 1.29 is 9.47 Å². The van der Waals surface area contributed by atoms with Crippen LogP contribution in [0.15, 0.2) is 41.9 Å². The standard InChI is InChI=1S/C20H32N4O2/c1-4-11-26-19-8-6-5-7-18(19)15-23-20(21-3)22-14-17(2)16-24-9-12-25-13-10-24/h4-8,17H,1,9-16H2,2-3H3,(H2,21,22,23). The van der Waals surface area contributed by atoms with Gasteiger partial charge in [0.2, 0.25) is 0 Å². The summed E-state index contributed by atoms with van der Waals surface area (Å²) in [5, 5.41) is 6.78. The molecule has 1 unspecified atom stereocenters. The highest BCUT2D eigenvalue weighted by Gasteiger charge is 2.14. The monoisotopic (exact) mass is 360 g/mol. The van der Waals surface area contributed by atoms with Gasteiger partial charge in [-0.3, -0.25) is 9.89 Å². The third-order valence-corrected chi connectivity index (χ3v) is 4.29. The first-order valence-corrected chi connectivity index (χ1v) is 9.29. The summed E-state index contributed by atoms with van der Waals surface area (Å²) in [7, 11) is 1.79. The number of hydrogen-bond acceptors (Lipinski definition) is 4. The molecule has 2 N–H and O–H groups in total. The molecule has 0 aromatic heterocycles. The third kappa shape index (κ3) is 7.06. The van der Waals surface area contributed by atoms with E-state index in [1.54, 1.807) is 13.1 Å². The minimum Gasteiger partial charge on any atom is -0.489 e. The summed E-state index contributed by atoms with van der Waals surface area (Å²) in [5.41, 5.74) is 1.10. The van der Waals surface area contributed by atoms with Gasteiger partial charge in [-0.25, -0.2) is 0 Å². The van der Waals surface area contributed by atoms with Crippen molar-refractivity contribution in [2.75, 3.05) is 53.0 Å². The summed E-state index contributed by atoms with van der Waals surface area (Å²) in [6, 6.07) is 8.02. The summed E-state index contributed by atoms with van der Waals surface area (Å²) in [5.74, 6) is 2.21. The number of nitrogens with zero attached hydrogens (tertiary/aromatic N) is 2. The molecule has 1 aliphatic rings. The predicted octanol–water partition coefficient (Wildman–Crippen LogP) is 1.88. The Morgan fingerprint density at radius 2 is 2.12 bits per heavy atom. The van der Waals surface area contributed by atoms with Gasteiger partial charge in [0.25, 0.3) is 0 Å². The molecule has 1 saturated heterocycles. The maximum Gasteiger partial charge on any atom is 0.191 e. The second kappa shape index (κ2) is 11.5. The second-order valence-corrected chi connectivity index (χ2v) is 6.53. The Labute approximate surface area is 157 Å². The van der Waals surface area contributed by atoms with Gasteiger partial charge in [-0.1, -0.05) is 37.8 Å². The van der Waals surface area contributed by atoms with E-state index in [-0.39, 0.29) is 0 Å². The molecular formula is C20H32N4O2. The van der Waals surface area contributed by atoms with Crippen LogP contribution in [0.1, 0.15) is 12.5 Å². The van der Waals surface area contributed by atoms with Crippen molar-refractivity contribution in [1.82, 2.24) is 15.5 Å². The Bertz CT molecular complexity index is 571. The highest BCUT2D eigenvalue weighted by Crippen LogP contribution is 2.17. The molecule has 1 aliphatic heterocycles. The van der Waals surface area contributed by atoms with Crippen LogP contribution < -0.4 is 15.4 Å². The van der Waals surface area contributed by atoms with Gasteiger partial charge in [0.05, 0.1) is 13.2 Å². The fourth-order valence-corrected chi connectivity index (χ4v) is 2.90. The Morgan fingerprint density at radius 1 is 1.35 bits per heavy atom. The molecule has 0 bridgehead atoms. The molecular weight excluding hydrogens is 328 g/mol. The number of para-hydroxylation sites is 1. The van der Waals surface area contributed by atoms with Gasteiger partial charge in [-0.15, -0.1) is 0 Å². The summed E-state index contributed by atoms with van der Waals surface area (Å²) in [6.45, 7) is 12.8. The van der Waals surface area contributed by atoms with E-state index in [1.807, 2.05) is 18.2 Å². The molecule has 26 heavy (non-hydrogen) atoms. The fraction of sp³-hybridized carbons (Fsp3) is 0.550. The fourth-order valence-electron chi connectivity index (χ4n) is 2.90. The minimum absolute atomic E-state index is 0.503. The zero-order chi connectivity index (χ0) is 18.6. The van der Waals surface area contributed by atoms with Crippen molar-refractivity contribution in [3.8, 4) is 5.75 Å². The molecule has 1 fully saturated rings. The van der Waals surface area contributed by atoms with Gasteiger partial charge >= 0.3 is 0 Å². The maximum absolute atomic E-state index is 5.70. The van der Waals surface area contributed by atoms with Gasteiger partial charge in [-0.05, 0) is 12.0 Å². The molecule has 0 radical (unpaired) electrons. The highest BCUT2D eigenvalue weighted by atomic mass is 16.5. The lowest BCUT2D eigenvalue weighted by Crippen LogP contribution is -2.43. The van der Waals surface area contributed by atoms with Crippen molar-refractivity contribution in [1.29, 1.82) is 0 Å². The normalized spacial score (nSPS) is 16.8. The van der Waals surface area contributed by atoms with Gasteiger partial charge in [0.1, 0.15) is 12.4 Å². The number of hydrogen-bond donors (Lipinski definition) is 2. The SMILES string of the molecule is C=CCOc1ccccc1CNC(=NC)NCC(C)CN1CCOCC1. The van der Waals surface area contributed by atoms with E-state index in [2.05, 4.69) is 40.1 Å². The molecule has 0 aliphatic carbocycles. The number of ether oxygens (including phenoxy) is 2. The van der Waals surface area contributed by atoms with E-state index in [0.29, 0.717) is 19.1 Å². The van der Waals surface area contributed by atoms with Crippen molar-refractivity contribution in [3.63, 3.8) is 0 Å².